The van der Waals surface area contributed by atoms with Crippen LogP contribution in [-0.2, 0) is 46.1 Å². The Labute approximate surface area is 262 Å². The van der Waals surface area contributed by atoms with E-state index in [-0.39, 0.29) is 18.2 Å². The number of unbranched alkanes of at least 4 members (excludes halogenated alkanes) is 4. The minimum Gasteiger partial charge on any atom is -0.383 e. The van der Waals surface area contributed by atoms with Crippen LogP contribution in [0.2, 0.25) is 0 Å². The van der Waals surface area contributed by atoms with E-state index in [1.165, 1.54) is 23.8 Å². The summed E-state index contributed by atoms with van der Waals surface area (Å²) in [6.07, 6.45) is 9.09. The van der Waals surface area contributed by atoms with E-state index in [1.807, 2.05) is 6.07 Å². The number of hydrogen-bond acceptors (Lipinski definition) is 9. The quantitative estimate of drug-likeness (QED) is 0.121. The Morgan fingerprint density at radius 1 is 0.727 bits per heavy atom. The number of benzene rings is 1. The van der Waals surface area contributed by atoms with Gasteiger partial charge >= 0.3 is 0 Å². The number of nitrogens with two attached hydrogens (primary N) is 2. The van der Waals surface area contributed by atoms with Gasteiger partial charge in [0.25, 0.3) is 0 Å². The summed E-state index contributed by atoms with van der Waals surface area (Å²) in [7, 11) is 0. The lowest BCUT2D eigenvalue weighted by molar-refractivity contribution is -0.122. The van der Waals surface area contributed by atoms with E-state index in [1.54, 1.807) is 0 Å². The molecule has 11 heteroatoms. The van der Waals surface area contributed by atoms with Crippen LogP contribution >= 0.6 is 0 Å². The number of carbonyl (C=O) groups excluding carboxylic acids is 2. The van der Waals surface area contributed by atoms with Gasteiger partial charge in [0.05, 0.1) is 71.6 Å². The number of pyridine rings is 1. The Balaban J connectivity index is 1.40. The number of carbonyl (C=O) groups is 2. The van der Waals surface area contributed by atoms with Gasteiger partial charge in [-0.1, -0.05) is 38.3 Å². The van der Waals surface area contributed by atoms with Crippen LogP contribution in [0.4, 0.5) is 5.82 Å². The monoisotopic (exact) mass is 618 g/mol. The average molecular weight is 619 g/mol. The van der Waals surface area contributed by atoms with Gasteiger partial charge in [-0.05, 0) is 55.4 Å². The second kappa shape index (κ2) is 24.5. The highest BCUT2D eigenvalue weighted by Gasteiger charge is 2.08. The van der Waals surface area contributed by atoms with Gasteiger partial charge in [0, 0.05) is 24.8 Å². The standard InChI is InChI=1S/C33H54N4O7/c1-2-3-5-10-28-26-29-27(11-8-12-30(29)37-33(28)35)9-6-4-7-15-36-32(39)14-17-41-19-21-43-23-25-44-24-22-42-20-18-40-16-13-31(34)38/h8,11-12,26H,2-7,9-10,13-25H2,1H3,(H2,34,38)(H2,35,37)(H,36,39). The topological polar surface area (TPSA) is 157 Å². The number of hydrogen-bond donors (Lipinski definition) is 3. The van der Waals surface area contributed by atoms with Gasteiger partial charge in [-0.3, -0.25) is 9.59 Å². The number of anilines is 1. The van der Waals surface area contributed by atoms with Crippen molar-refractivity contribution in [1.82, 2.24) is 10.3 Å². The molecule has 1 aromatic carbocycles. The summed E-state index contributed by atoms with van der Waals surface area (Å²) < 4.78 is 26.9. The predicted octanol–water partition coefficient (Wildman–Crippen LogP) is 3.73. The lowest BCUT2D eigenvalue weighted by Gasteiger charge is -2.11. The summed E-state index contributed by atoms with van der Waals surface area (Å²) in [5.74, 6) is 0.283. The van der Waals surface area contributed by atoms with Gasteiger partial charge in [0.15, 0.2) is 0 Å². The highest BCUT2D eigenvalue weighted by molar-refractivity contribution is 5.84. The van der Waals surface area contributed by atoms with Crippen LogP contribution in [0.5, 0.6) is 0 Å². The Bertz CT molecular complexity index is 1070. The lowest BCUT2D eigenvalue weighted by Crippen LogP contribution is -2.25. The van der Waals surface area contributed by atoms with Crippen LogP contribution in [0.3, 0.4) is 0 Å². The highest BCUT2D eigenvalue weighted by Crippen LogP contribution is 2.24. The first kappa shape index (κ1) is 37.4. The molecule has 1 aromatic heterocycles. The molecule has 5 N–H and O–H groups in total. The zero-order valence-corrected chi connectivity index (χ0v) is 26.6. The van der Waals surface area contributed by atoms with E-state index in [9.17, 15) is 9.59 Å². The van der Waals surface area contributed by atoms with Gasteiger partial charge < -0.3 is 40.5 Å². The molecule has 0 aliphatic carbocycles. The fourth-order valence-electron chi connectivity index (χ4n) is 4.55. The molecule has 0 aliphatic rings. The van der Waals surface area contributed by atoms with E-state index in [0.717, 1.165) is 49.6 Å². The van der Waals surface area contributed by atoms with Crippen molar-refractivity contribution in [3.8, 4) is 0 Å². The summed E-state index contributed by atoms with van der Waals surface area (Å²) in [6.45, 7) is 7.16. The van der Waals surface area contributed by atoms with E-state index in [2.05, 4.69) is 35.4 Å². The molecular formula is C33H54N4O7. The molecular weight excluding hydrogens is 564 g/mol. The van der Waals surface area contributed by atoms with Crippen LogP contribution in [0.1, 0.15) is 69.4 Å². The molecule has 0 saturated carbocycles. The van der Waals surface area contributed by atoms with Crippen LogP contribution < -0.4 is 16.8 Å². The molecule has 0 unspecified atom stereocenters. The van der Waals surface area contributed by atoms with E-state index in [4.69, 9.17) is 35.2 Å². The number of amides is 2. The number of aromatic nitrogens is 1. The molecule has 1 heterocycles. The van der Waals surface area contributed by atoms with Gasteiger partial charge in [0.1, 0.15) is 5.82 Å². The first-order valence-electron chi connectivity index (χ1n) is 16.1. The van der Waals surface area contributed by atoms with Gasteiger partial charge in [-0.2, -0.15) is 0 Å². The number of nitrogens with zero attached hydrogens (tertiary/aromatic N) is 1. The SMILES string of the molecule is CCCCCc1cc2c(CCCCCNC(=O)CCOCCOCCOCCOCCOCCC(N)=O)cccc2nc1N. The fourth-order valence-corrected chi connectivity index (χ4v) is 4.55. The number of nitrogen functional groups attached to an aromatic ring is 1. The van der Waals surface area contributed by atoms with Gasteiger partial charge in [-0.15, -0.1) is 0 Å². The molecule has 0 saturated heterocycles. The highest BCUT2D eigenvalue weighted by atomic mass is 16.6. The Morgan fingerprint density at radius 3 is 1.91 bits per heavy atom. The number of primary amides is 1. The van der Waals surface area contributed by atoms with Gasteiger partial charge in [0.2, 0.25) is 11.8 Å². The molecule has 0 atom stereocenters. The Kier molecular flexibility index (Phi) is 20.8. The van der Waals surface area contributed by atoms with Crippen molar-refractivity contribution in [3.05, 3.63) is 35.4 Å². The maximum Gasteiger partial charge on any atom is 0.222 e. The van der Waals surface area contributed by atoms with Crippen molar-refractivity contribution in [2.24, 2.45) is 5.73 Å². The molecule has 0 radical (unpaired) electrons. The predicted molar refractivity (Wildman–Crippen MR) is 172 cm³/mol. The normalized spacial score (nSPS) is 11.3. The molecule has 11 nitrogen and oxygen atoms in total. The Morgan fingerprint density at radius 2 is 1.30 bits per heavy atom. The van der Waals surface area contributed by atoms with Crippen molar-refractivity contribution in [2.75, 3.05) is 78.3 Å². The molecule has 44 heavy (non-hydrogen) atoms. The average Bonchev–Trinajstić information content (AvgIpc) is 3.00. The van der Waals surface area contributed by atoms with Crippen LogP contribution in [0.15, 0.2) is 24.3 Å². The van der Waals surface area contributed by atoms with Crippen LogP contribution in [0.25, 0.3) is 10.9 Å². The van der Waals surface area contributed by atoms with E-state index >= 15 is 0 Å². The number of nitrogens with one attached hydrogen (secondary N) is 1. The second-order valence-corrected chi connectivity index (χ2v) is 10.7. The fraction of sp³-hybridized carbons (Fsp3) is 0.667. The zero-order valence-electron chi connectivity index (χ0n) is 26.6. The summed E-state index contributed by atoms with van der Waals surface area (Å²) in [5, 5.41) is 4.19. The van der Waals surface area contributed by atoms with Crippen molar-refractivity contribution in [2.45, 2.75) is 71.1 Å². The maximum atomic E-state index is 12.1. The minimum atomic E-state index is -0.376. The summed E-state index contributed by atoms with van der Waals surface area (Å²) in [5.41, 5.74) is 14.7. The number of aryl methyl sites for hydroxylation is 2. The van der Waals surface area contributed by atoms with E-state index in [0.29, 0.717) is 84.9 Å². The van der Waals surface area contributed by atoms with Crippen molar-refractivity contribution in [3.63, 3.8) is 0 Å². The smallest absolute Gasteiger partial charge is 0.222 e. The molecule has 0 bridgehead atoms. The molecule has 0 fully saturated rings. The number of rotatable bonds is 28. The molecule has 2 aromatic rings. The molecule has 2 amide bonds. The third-order valence-corrected chi connectivity index (χ3v) is 7.01. The molecule has 0 spiro atoms. The molecule has 248 valence electrons. The zero-order chi connectivity index (χ0) is 31.7. The van der Waals surface area contributed by atoms with Crippen molar-refractivity contribution in [1.29, 1.82) is 0 Å². The summed E-state index contributed by atoms with van der Waals surface area (Å²) in [6, 6.07) is 8.52. The summed E-state index contributed by atoms with van der Waals surface area (Å²) >= 11 is 0. The lowest BCUT2D eigenvalue weighted by atomic mass is 9.99. The maximum absolute atomic E-state index is 12.1. The first-order valence-corrected chi connectivity index (χ1v) is 16.1. The molecule has 0 aliphatic heterocycles. The van der Waals surface area contributed by atoms with Crippen molar-refractivity contribution >= 4 is 28.5 Å². The first-order chi connectivity index (χ1) is 21.5. The molecule has 2 rings (SSSR count). The second-order valence-electron chi connectivity index (χ2n) is 10.7. The third kappa shape index (κ3) is 17.5. The number of ether oxygens (including phenoxy) is 5. The van der Waals surface area contributed by atoms with Crippen LogP contribution in [0, 0.1) is 0 Å². The Hall–Kier alpha value is -2.83. The third-order valence-electron chi connectivity index (χ3n) is 7.01. The van der Waals surface area contributed by atoms with Crippen LogP contribution in [-0.4, -0.2) is 89.4 Å². The number of fused-ring (bicyclic) bond motifs is 1. The minimum absolute atomic E-state index is 0.00656. The van der Waals surface area contributed by atoms with Crippen molar-refractivity contribution < 1.29 is 33.3 Å². The van der Waals surface area contributed by atoms with Gasteiger partial charge in [-0.25, -0.2) is 4.98 Å². The summed E-state index contributed by atoms with van der Waals surface area (Å²) in [4.78, 5) is 27.3. The van der Waals surface area contributed by atoms with E-state index < -0.39 is 0 Å². The largest absolute Gasteiger partial charge is 0.383 e.